The third kappa shape index (κ3) is 14.3. The topological polar surface area (TPSA) is 174 Å². The van der Waals surface area contributed by atoms with Gasteiger partial charge >= 0.3 is 18.1 Å². The van der Waals surface area contributed by atoms with Gasteiger partial charge in [-0.2, -0.15) is 0 Å². The first-order valence-electron chi connectivity index (χ1n) is 36.2. The first-order chi connectivity index (χ1) is 45.3. The fourth-order valence-electron chi connectivity index (χ4n) is 17.9. The van der Waals surface area contributed by atoms with Gasteiger partial charge in [0.05, 0.1) is 0 Å². The number of hydrogen-bond acceptors (Lipinski definition) is 7. The maximum atomic E-state index is 12.7. The third-order valence-electron chi connectivity index (χ3n) is 22.0. The second kappa shape index (κ2) is 32.0. The fraction of sp³-hybridized carbons (Fsp3) is 0.605. The van der Waals surface area contributed by atoms with Crippen molar-refractivity contribution in [2.75, 3.05) is 80.0 Å². The smallest absolute Gasteiger partial charge is 0.317 e. The van der Waals surface area contributed by atoms with E-state index >= 15 is 0 Å². The lowest BCUT2D eigenvalue weighted by Gasteiger charge is -2.46. The second-order valence-electron chi connectivity index (χ2n) is 27.3. The Morgan fingerprint density at radius 1 is 0.500 bits per heavy atom. The van der Waals surface area contributed by atoms with E-state index in [4.69, 9.17) is 17.0 Å². The van der Waals surface area contributed by atoms with Crippen molar-refractivity contribution in [2.45, 2.75) is 220 Å². The van der Waals surface area contributed by atoms with Crippen LogP contribution in [0.4, 0.5) is 14.4 Å². The molecular weight excluding hydrogens is 1190 g/mol. The van der Waals surface area contributed by atoms with E-state index < -0.39 is 6.03 Å². The molecule has 3 saturated heterocycles. The Bertz CT molecular complexity index is 3460. The number of benzene rings is 3. The predicted molar refractivity (Wildman–Crippen MR) is 395 cm³/mol. The Labute approximate surface area is 568 Å². The molecule has 3 aromatic heterocycles. The highest BCUT2D eigenvalue weighted by Gasteiger charge is 2.45. The third-order valence-corrected chi connectivity index (χ3v) is 22.3. The van der Waals surface area contributed by atoms with E-state index in [1.54, 1.807) is 27.8 Å². The van der Waals surface area contributed by atoms with Gasteiger partial charge in [-0.05, 0) is 203 Å². The number of hydrogen-bond donors (Lipinski definition) is 5. The number of amides is 6. The van der Waals surface area contributed by atoms with Crippen LogP contribution in [0.2, 0.25) is 0 Å². The quantitative estimate of drug-likeness (QED) is 0.0525. The molecular formula is C76H116N14O3S. The Balaban J connectivity index is 0.000000161. The first kappa shape index (κ1) is 71.7. The van der Waals surface area contributed by atoms with Crippen LogP contribution in [0.3, 0.4) is 0 Å². The molecule has 3 aliphatic heterocycles. The van der Waals surface area contributed by atoms with Gasteiger partial charge in [0.2, 0.25) is 0 Å². The molecule has 6 amide bonds. The lowest BCUT2D eigenvalue weighted by Crippen LogP contribution is -2.56. The zero-order chi connectivity index (χ0) is 67.8. The van der Waals surface area contributed by atoms with Crippen LogP contribution in [-0.4, -0.2) is 183 Å². The molecule has 0 unspecified atom stereocenters. The number of urea groups is 3. The Morgan fingerprint density at radius 3 is 1.15 bits per heavy atom. The van der Waals surface area contributed by atoms with Crippen LogP contribution in [0.5, 0.6) is 0 Å². The van der Waals surface area contributed by atoms with Crippen molar-refractivity contribution in [3.63, 3.8) is 0 Å². The summed E-state index contributed by atoms with van der Waals surface area (Å²) in [5.74, 6) is 1.49. The molecule has 6 aliphatic rings. The van der Waals surface area contributed by atoms with Crippen LogP contribution in [-0.2, 0) is 51.7 Å². The number of nitrogens with two attached hydrogens (primary N) is 2. The molecule has 7 N–H and O–H groups in total. The number of carbonyl (C=O) groups is 3. The normalized spacial score (nSPS) is 22.6. The highest BCUT2D eigenvalue weighted by atomic mass is 32.1. The molecule has 94 heavy (non-hydrogen) atoms. The van der Waals surface area contributed by atoms with E-state index in [2.05, 4.69) is 192 Å². The summed E-state index contributed by atoms with van der Waals surface area (Å²) in [6.07, 6.45) is 14.3. The summed E-state index contributed by atoms with van der Waals surface area (Å²) in [6, 6.07) is 22.4. The van der Waals surface area contributed by atoms with Crippen molar-refractivity contribution in [3.8, 4) is 0 Å². The lowest BCUT2D eigenvalue weighted by molar-refractivity contribution is 0.123. The van der Waals surface area contributed by atoms with E-state index in [0.29, 0.717) is 41.9 Å². The minimum atomic E-state index is -0.833. The number of aryl methyl sites for hydroxylation is 3. The molecule has 12 rings (SSSR count). The van der Waals surface area contributed by atoms with Crippen molar-refractivity contribution < 1.29 is 14.4 Å². The number of piperidine rings is 3. The van der Waals surface area contributed by atoms with E-state index in [0.717, 1.165) is 141 Å². The van der Waals surface area contributed by atoms with Gasteiger partial charge < -0.3 is 70.5 Å². The molecule has 0 radical (unpaired) electrons. The van der Waals surface area contributed by atoms with Crippen LogP contribution in [0.1, 0.15) is 183 Å². The van der Waals surface area contributed by atoms with Gasteiger partial charge in [0, 0.05) is 182 Å². The van der Waals surface area contributed by atoms with Gasteiger partial charge in [-0.3, -0.25) is 0 Å². The van der Waals surface area contributed by atoms with Crippen LogP contribution >= 0.6 is 12.2 Å². The van der Waals surface area contributed by atoms with Crippen LogP contribution in [0, 0.1) is 0 Å². The fourth-order valence-corrected chi connectivity index (χ4v) is 18.3. The summed E-state index contributed by atoms with van der Waals surface area (Å²) < 4.78 is 7.64. The van der Waals surface area contributed by atoms with Crippen molar-refractivity contribution in [1.82, 2.24) is 59.1 Å². The molecule has 6 aromatic rings. The summed E-state index contributed by atoms with van der Waals surface area (Å²) in [4.78, 5) is 47.9. The zero-order valence-electron chi connectivity index (χ0n) is 59.8. The van der Waals surface area contributed by atoms with Crippen LogP contribution in [0.25, 0.3) is 38.8 Å². The number of carbonyl (C=O) groups excluding carboxylic acids is 3. The number of nitrogens with zero attached hydrogens (tertiary/aromatic N) is 9. The number of aromatic nitrogens is 3. The predicted octanol–water partition coefficient (Wildman–Crippen LogP) is 12.4. The van der Waals surface area contributed by atoms with E-state index in [-0.39, 0.29) is 24.1 Å². The molecule has 18 heteroatoms. The first-order valence-corrected chi connectivity index (χ1v) is 36.6. The highest BCUT2D eigenvalue weighted by molar-refractivity contribution is 7.80. The number of primary amides is 2. The number of nitrogens with one attached hydrogen (secondary N) is 3. The Kier molecular flexibility index (Phi) is 24.4. The SMILES string of the molecule is C=Cc1c2c3c(cccc3n1CCC)[C@H]1C[C@H](NC(=O)N(CC)CC)CN(C)[C@@H]1C2.CCCn1c(CC)c2c3c(cccc31)[C@H]1C[C@H](NC(=O)N(CC)CC)CN(C)[C@@H]1C2.CCCn1c(CC)c2c3c(cccc31)[C@H]1C[C@H](NC(=S)N(CC)CC)CN(C)[C@@H]1C2.NC(N)=O. The Hall–Kier alpha value is -6.60. The molecule has 17 nitrogen and oxygen atoms in total. The highest BCUT2D eigenvalue weighted by Crippen LogP contribution is 2.49. The van der Waals surface area contributed by atoms with Crippen LogP contribution in [0.15, 0.2) is 61.2 Å². The molecule has 6 heterocycles. The summed E-state index contributed by atoms with van der Waals surface area (Å²) >= 11 is 5.73. The summed E-state index contributed by atoms with van der Waals surface area (Å²) in [5.41, 5.74) is 26.3. The number of likely N-dealkylation sites (tertiary alicyclic amines) is 3. The van der Waals surface area contributed by atoms with Crippen molar-refractivity contribution in [2.24, 2.45) is 11.5 Å². The van der Waals surface area contributed by atoms with Gasteiger partial charge in [0.15, 0.2) is 5.11 Å². The summed E-state index contributed by atoms with van der Waals surface area (Å²) in [7, 11) is 6.77. The standard InChI is InChI=1S/C25H38N4O.C25H36N4O.C25H38N4S.CH4N2O/c3*1-6-13-29-21(7-2)20-15-23-19(18-11-10-12-22(29)24(18)20)14-17(16-27(23)5)26-25(30)28(8-3)9-4;2-1(3)4/h10-12,17,19,23H,6-9,13-16H2,1-5H3,(H,26,30);7,10-12,17,19,23H,2,6,8-9,13-16H2,1,3-5H3,(H,26,30);10-12,17,19,23H,6-9,13-16H2,1-5H3,(H,26,30);(H4,2,3,4)/t3*17-,19+,23+;/m000./s1. The van der Waals surface area contributed by atoms with Crippen molar-refractivity contribution in [1.29, 1.82) is 0 Å². The maximum Gasteiger partial charge on any atom is 0.317 e. The molecule has 0 saturated carbocycles. The van der Waals surface area contributed by atoms with Crippen molar-refractivity contribution in [3.05, 3.63) is 112 Å². The monoisotopic (exact) mass is 1300 g/mol. The number of likely N-dealkylation sites (N-methyl/N-ethyl adjacent to an activating group) is 3. The molecule has 9 atom stereocenters. The number of fused-ring (bicyclic) bond motifs is 6. The molecule has 514 valence electrons. The Morgan fingerprint density at radius 2 is 0.819 bits per heavy atom. The van der Waals surface area contributed by atoms with E-state index in [1.165, 1.54) is 68.2 Å². The largest absolute Gasteiger partial charge is 0.359 e. The van der Waals surface area contributed by atoms with Gasteiger partial charge in [-0.15, -0.1) is 0 Å². The van der Waals surface area contributed by atoms with Gasteiger partial charge in [0.1, 0.15) is 0 Å². The second-order valence-corrected chi connectivity index (χ2v) is 27.7. The van der Waals surface area contributed by atoms with Crippen LogP contribution < -0.4 is 27.4 Å². The van der Waals surface area contributed by atoms with Gasteiger partial charge in [-0.25, -0.2) is 14.4 Å². The molecule has 3 aliphatic carbocycles. The molecule has 0 spiro atoms. The lowest BCUT2D eigenvalue weighted by atomic mass is 9.73. The molecule has 3 fully saturated rings. The maximum absolute atomic E-state index is 12.7. The minimum absolute atomic E-state index is 0.0644. The zero-order valence-corrected chi connectivity index (χ0v) is 60.6. The van der Waals surface area contributed by atoms with Gasteiger partial charge in [0.25, 0.3) is 0 Å². The van der Waals surface area contributed by atoms with Gasteiger partial charge in [-0.1, -0.05) is 77.6 Å². The average Bonchev–Trinajstić information content (AvgIpc) is 1.58. The summed E-state index contributed by atoms with van der Waals surface area (Å²) in [5, 5.41) is 15.8. The molecule has 0 bridgehead atoms. The summed E-state index contributed by atoms with van der Waals surface area (Å²) in [6.45, 7) is 39.1. The number of rotatable bonds is 18. The number of thiocarbonyl (C=S) groups is 1. The average molecular weight is 1310 g/mol. The van der Waals surface area contributed by atoms with E-state index in [9.17, 15) is 9.59 Å². The molecule has 3 aromatic carbocycles. The van der Waals surface area contributed by atoms with E-state index in [1.807, 2.05) is 43.6 Å². The minimum Gasteiger partial charge on any atom is -0.359 e. The van der Waals surface area contributed by atoms with Crippen molar-refractivity contribution >= 4 is 74.2 Å².